The van der Waals surface area contributed by atoms with Crippen LogP contribution in [0.15, 0.2) is 28.7 Å². The van der Waals surface area contributed by atoms with Gasteiger partial charge in [0.15, 0.2) is 0 Å². The van der Waals surface area contributed by atoms with E-state index >= 15 is 0 Å². The van der Waals surface area contributed by atoms with Gasteiger partial charge in [0, 0.05) is 10.2 Å². The molecule has 1 unspecified atom stereocenters. The monoisotopic (exact) mass is 318 g/mol. The average Bonchev–Trinajstić information content (AvgIpc) is 2.31. The predicted molar refractivity (Wildman–Crippen MR) is 73.8 cm³/mol. The molecule has 0 heterocycles. The molecule has 0 bridgehead atoms. The molecule has 0 aliphatic carbocycles. The summed E-state index contributed by atoms with van der Waals surface area (Å²) in [5.41, 5.74) is 0. The molecular weight excluding hydrogens is 304 g/mol. The zero-order chi connectivity index (χ0) is 12.7. The van der Waals surface area contributed by atoms with Gasteiger partial charge in [-0.1, -0.05) is 22.9 Å². The Bertz CT molecular complexity index is 353. The number of carboxylic acid groups (broad SMARTS) is 1. The highest BCUT2D eigenvalue weighted by molar-refractivity contribution is 9.10. The lowest BCUT2D eigenvalue weighted by Gasteiger charge is -2.10. The van der Waals surface area contributed by atoms with Crippen molar-refractivity contribution in [2.75, 3.05) is 12.4 Å². The van der Waals surface area contributed by atoms with E-state index in [1.165, 1.54) is 11.8 Å². The van der Waals surface area contributed by atoms with Crippen molar-refractivity contribution < 1.29 is 14.6 Å². The third-order valence-electron chi connectivity index (χ3n) is 2.13. The molecule has 1 rings (SSSR count). The normalized spacial score (nSPS) is 12.1. The van der Waals surface area contributed by atoms with Crippen molar-refractivity contribution in [3.63, 3.8) is 0 Å². The average molecular weight is 319 g/mol. The van der Waals surface area contributed by atoms with Crippen LogP contribution in [0.5, 0.6) is 5.75 Å². The standard InChI is InChI=1S/C12H15BrO3S/c1-2-11(12(14)15)17-8-7-16-10-5-3-9(13)4-6-10/h3-6,11H,2,7-8H2,1H3,(H,14,15). The molecule has 0 radical (unpaired) electrons. The van der Waals surface area contributed by atoms with Crippen LogP contribution in [0.3, 0.4) is 0 Å². The summed E-state index contributed by atoms with van der Waals surface area (Å²) in [7, 11) is 0. The van der Waals surface area contributed by atoms with Crippen molar-refractivity contribution in [1.29, 1.82) is 0 Å². The third-order valence-corrected chi connectivity index (χ3v) is 4.00. The molecule has 0 aliphatic heterocycles. The minimum Gasteiger partial charge on any atom is -0.493 e. The van der Waals surface area contributed by atoms with Gasteiger partial charge in [0.05, 0.1) is 6.61 Å². The lowest BCUT2D eigenvalue weighted by Crippen LogP contribution is -2.16. The minimum atomic E-state index is -0.749. The molecule has 0 saturated heterocycles. The molecule has 0 spiro atoms. The van der Waals surface area contributed by atoms with E-state index in [1.807, 2.05) is 31.2 Å². The first kappa shape index (κ1) is 14.4. The van der Waals surface area contributed by atoms with Crippen molar-refractivity contribution in [2.45, 2.75) is 18.6 Å². The highest BCUT2D eigenvalue weighted by atomic mass is 79.9. The minimum absolute atomic E-state index is 0.330. The van der Waals surface area contributed by atoms with Gasteiger partial charge < -0.3 is 9.84 Å². The van der Waals surface area contributed by atoms with Gasteiger partial charge in [-0.05, 0) is 30.7 Å². The molecule has 17 heavy (non-hydrogen) atoms. The van der Waals surface area contributed by atoms with Crippen LogP contribution in [-0.2, 0) is 4.79 Å². The molecule has 1 aromatic carbocycles. The molecule has 0 aromatic heterocycles. The lowest BCUT2D eigenvalue weighted by atomic mass is 10.3. The number of carboxylic acids is 1. The maximum atomic E-state index is 10.8. The van der Waals surface area contributed by atoms with Crippen molar-refractivity contribution in [3.8, 4) is 5.75 Å². The van der Waals surface area contributed by atoms with Crippen LogP contribution < -0.4 is 4.74 Å². The summed E-state index contributed by atoms with van der Waals surface area (Å²) in [6.45, 7) is 2.40. The van der Waals surface area contributed by atoms with Gasteiger partial charge in [0.2, 0.25) is 0 Å². The zero-order valence-corrected chi connectivity index (χ0v) is 12.0. The number of thioether (sulfide) groups is 1. The van der Waals surface area contributed by atoms with Gasteiger partial charge in [0.25, 0.3) is 0 Å². The Labute approximate surface area is 114 Å². The van der Waals surface area contributed by atoms with Gasteiger partial charge in [-0.15, -0.1) is 11.8 Å². The third kappa shape index (κ3) is 5.46. The summed E-state index contributed by atoms with van der Waals surface area (Å²) in [6.07, 6.45) is 0.637. The Balaban J connectivity index is 2.24. The lowest BCUT2D eigenvalue weighted by molar-refractivity contribution is -0.136. The van der Waals surface area contributed by atoms with E-state index in [9.17, 15) is 4.79 Å². The summed E-state index contributed by atoms with van der Waals surface area (Å²) in [5, 5.41) is 8.52. The van der Waals surface area contributed by atoms with Gasteiger partial charge in [-0.25, -0.2) is 0 Å². The quantitative estimate of drug-likeness (QED) is 0.782. The van der Waals surface area contributed by atoms with Crippen LogP contribution in [0, 0.1) is 0 Å². The van der Waals surface area contributed by atoms with E-state index in [1.54, 1.807) is 0 Å². The summed E-state index contributed by atoms with van der Waals surface area (Å²) in [5.74, 6) is 0.735. The fraction of sp³-hybridized carbons (Fsp3) is 0.417. The van der Waals surface area contributed by atoms with Crippen LogP contribution in [0.2, 0.25) is 0 Å². The van der Waals surface area contributed by atoms with E-state index in [-0.39, 0.29) is 5.25 Å². The van der Waals surface area contributed by atoms with E-state index < -0.39 is 5.97 Å². The summed E-state index contributed by atoms with van der Waals surface area (Å²) in [6, 6.07) is 7.58. The highest BCUT2D eigenvalue weighted by Crippen LogP contribution is 2.18. The molecule has 1 N–H and O–H groups in total. The summed E-state index contributed by atoms with van der Waals surface area (Å²) in [4.78, 5) is 10.8. The largest absolute Gasteiger partial charge is 0.493 e. The highest BCUT2D eigenvalue weighted by Gasteiger charge is 2.14. The van der Waals surface area contributed by atoms with Gasteiger partial charge in [0.1, 0.15) is 11.0 Å². The van der Waals surface area contributed by atoms with Crippen molar-refractivity contribution in [1.82, 2.24) is 0 Å². The molecule has 94 valence electrons. The zero-order valence-electron chi connectivity index (χ0n) is 9.56. The van der Waals surface area contributed by atoms with Crippen molar-refractivity contribution in [3.05, 3.63) is 28.7 Å². The molecule has 0 aliphatic rings. The van der Waals surface area contributed by atoms with Crippen LogP contribution in [-0.4, -0.2) is 28.7 Å². The maximum absolute atomic E-state index is 10.8. The molecule has 0 amide bonds. The van der Waals surface area contributed by atoms with Crippen LogP contribution in [0.4, 0.5) is 0 Å². The summed E-state index contributed by atoms with van der Waals surface area (Å²) < 4.78 is 6.51. The Morgan fingerprint density at radius 1 is 1.47 bits per heavy atom. The Morgan fingerprint density at radius 2 is 2.12 bits per heavy atom. The predicted octanol–water partition coefficient (Wildman–Crippen LogP) is 3.42. The Kier molecular flexibility index (Phi) is 6.44. The molecular formula is C12H15BrO3S. The molecule has 3 nitrogen and oxygen atoms in total. The fourth-order valence-electron chi connectivity index (χ4n) is 1.24. The van der Waals surface area contributed by atoms with Gasteiger partial charge >= 0.3 is 5.97 Å². The number of rotatable bonds is 7. The second-order valence-corrected chi connectivity index (χ2v) is 5.63. The number of hydrogen-bond donors (Lipinski definition) is 1. The molecule has 1 atom stereocenters. The first-order valence-electron chi connectivity index (χ1n) is 5.36. The first-order chi connectivity index (χ1) is 8.13. The molecule has 5 heteroatoms. The molecule has 1 aromatic rings. The smallest absolute Gasteiger partial charge is 0.316 e. The van der Waals surface area contributed by atoms with Crippen LogP contribution >= 0.6 is 27.7 Å². The SMILES string of the molecule is CCC(SCCOc1ccc(Br)cc1)C(=O)O. The number of aliphatic carboxylic acids is 1. The van der Waals surface area contributed by atoms with Gasteiger partial charge in [-0.2, -0.15) is 0 Å². The fourth-order valence-corrected chi connectivity index (χ4v) is 2.35. The molecule has 0 fully saturated rings. The maximum Gasteiger partial charge on any atom is 0.316 e. The van der Waals surface area contributed by atoms with E-state index in [0.29, 0.717) is 18.8 Å². The van der Waals surface area contributed by atoms with Crippen molar-refractivity contribution in [2.24, 2.45) is 0 Å². The van der Waals surface area contributed by atoms with E-state index in [0.717, 1.165) is 10.2 Å². The number of benzene rings is 1. The number of halogens is 1. The van der Waals surface area contributed by atoms with Crippen LogP contribution in [0.25, 0.3) is 0 Å². The van der Waals surface area contributed by atoms with E-state index in [4.69, 9.17) is 9.84 Å². The van der Waals surface area contributed by atoms with Gasteiger partial charge in [-0.3, -0.25) is 4.79 Å². The molecule has 0 saturated carbocycles. The second-order valence-electron chi connectivity index (χ2n) is 3.41. The first-order valence-corrected chi connectivity index (χ1v) is 7.20. The Morgan fingerprint density at radius 3 is 2.65 bits per heavy atom. The van der Waals surface area contributed by atoms with Crippen LogP contribution in [0.1, 0.15) is 13.3 Å². The summed E-state index contributed by atoms with van der Waals surface area (Å²) >= 11 is 4.76. The van der Waals surface area contributed by atoms with Crippen molar-refractivity contribution >= 4 is 33.7 Å². The number of hydrogen-bond acceptors (Lipinski definition) is 3. The number of ether oxygens (including phenoxy) is 1. The Hall–Kier alpha value is -0.680. The van der Waals surface area contributed by atoms with E-state index in [2.05, 4.69) is 15.9 Å². The topological polar surface area (TPSA) is 46.5 Å². The second kappa shape index (κ2) is 7.61. The number of carbonyl (C=O) groups is 1.